The zero-order chi connectivity index (χ0) is 12.7. The molecule has 1 aromatic rings. The maximum atomic E-state index is 8.70. The van der Waals surface area contributed by atoms with Crippen LogP contribution in [0.5, 0.6) is 0 Å². The maximum Gasteiger partial charge on any atom is 0.0551 e. The summed E-state index contributed by atoms with van der Waals surface area (Å²) in [5.74, 6) is 0. The van der Waals surface area contributed by atoms with Crippen LogP contribution in [0.3, 0.4) is 0 Å². The molecular weight excluding hydrogens is 304 g/mol. The summed E-state index contributed by atoms with van der Waals surface area (Å²) in [5, 5.41) is 12.7. The van der Waals surface area contributed by atoms with Crippen LogP contribution in [0.4, 0.5) is 0 Å². The Morgan fingerprint density at radius 3 is 2.76 bits per heavy atom. The monoisotopic (exact) mass is 320 g/mol. The Labute approximate surface area is 115 Å². The molecule has 1 unspecified atom stereocenters. The number of nitrogens with one attached hydrogen (secondary N) is 1. The second-order valence-corrected chi connectivity index (χ2v) is 5.11. The van der Waals surface area contributed by atoms with Gasteiger partial charge in [0.25, 0.3) is 0 Å². The van der Waals surface area contributed by atoms with Crippen LogP contribution in [0, 0.1) is 0 Å². The predicted molar refractivity (Wildman–Crippen MR) is 75.3 cm³/mol. The van der Waals surface area contributed by atoms with Gasteiger partial charge in [-0.25, -0.2) is 0 Å². The molecule has 1 rings (SSSR count). The molecule has 1 aromatic carbocycles. The van der Waals surface area contributed by atoms with Gasteiger partial charge in [0.05, 0.1) is 5.02 Å². The molecule has 5 heteroatoms. The molecule has 0 heterocycles. The number of rotatable bonds is 7. The van der Waals surface area contributed by atoms with Crippen LogP contribution >= 0.6 is 27.5 Å². The van der Waals surface area contributed by atoms with E-state index >= 15 is 0 Å². The molecule has 17 heavy (non-hydrogen) atoms. The lowest BCUT2D eigenvalue weighted by atomic mass is 10.1. The number of benzene rings is 1. The van der Waals surface area contributed by atoms with E-state index < -0.39 is 0 Å². The van der Waals surface area contributed by atoms with Crippen molar-refractivity contribution in [3.05, 3.63) is 33.3 Å². The minimum atomic E-state index is 0.110. The molecule has 0 saturated carbocycles. The van der Waals surface area contributed by atoms with Crippen LogP contribution in [0.15, 0.2) is 22.7 Å². The van der Waals surface area contributed by atoms with Crippen molar-refractivity contribution in [1.82, 2.24) is 5.32 Å². The lowest BCUT2D eigenvalue weighted by Gasteiger charge is -2.17. The van der Waals surface area contributed by atoms with Gasteiger partial charge >= 0.3 is 0 Å². The summed E-state index contributed by atoms with van der Waals surface area (Å²) in [5.41, 5.74) is 6.83. The molecule has 0 bridgehead atoms. The first-order valence-electron chi connectivity index (χ1n) is 5.68. The van der Waals surface area contributed by atoms with Gasteiger partial charge in [0, 0.05) is 23.7 Å². The molecule has 96 valence electrons. The Morgan fingerprint density at radius 2 is 2.18 bits per heavy atom. The van der Waals surface area contributed by atoms with E-state index in [0.29, 0.717) is 11.6 Å². The van der Waals surface area contributed by atoms with Gasteiger partial charge in [-0.3, -0.25) is 0 Å². The number of aliphatic hydroxyl groups is 1. The van der Waals surface area contributed by atoms with Crippen LogP contribution in [-0.4, -0.2) is 24.8 Å². The lowest BCUT2D eigenvalue weighted by Crippen LogP contribution is -2.29. The summed E-state index contributed by atoms with van der Waals surface area (Å²) in [6.07, 6.45) is 1.75. The fraction of sp³-hybridized carbons (Fsp3) is 0.500. The summed E-state index contributed by atoms with van der Waals surface area (Å²) >= 11 is 9.41. The lowest BCUT2D eigenvalue weighted by molar-refractivity contribution is 0.282. The van der Waals surface area contributed by atoms with E-state index in [4.69, 9.17) is 22.4 Å². The van der Waals surface area contributed by atoms with E-state index in [0.717, 1.165) is 29.4 Å². The Hall–Kier alpha value is -0.130. The van der Waals surface area contributed by atoms with Crippen LogP contribution < -0.4 is 11.1 Å². The zero-order valence-electron chi connectivity index (χ0n) is 9.63. The molecule has 0 aliphatic heterocycles. The van der Waals surface area contributed by atoms with E-state index in [9.17, 15) is 0 Å². The third-order valence-electron chi connectivity index (χ3n) is 2.56. The summed E-state index contributed by atoms with van der Waals surface area (Å²) < 4.78 is 0.888. The van der Waals surface area contributed by atoms with Crippen molar-refractivity contribution in [2.24, 2.45) is 5.73 Å². The minimum absolute atomic E-state index is 0.110. The third-order valence-corrected chi connectivity index (χ3v) is 3.79. The van der Waals surface area contributed by atoms with Crippen molar-refractivity contribution < 1.29 is 5.11 Å². The van der Waals surface area contributed by atoms with Crippen molar-refractivity contribution in [3.63, 3.8) is 0 Å². The average Bonchev–Trinajstić information content (AvgIpc) is 2.33. The van der Waals surface area contributed by atoms with Gasteiger partial charge in [-0.2, -0.15) is 0 Å². The normalized spacial score (nSPS) is 12.7. The van der Waals surface area contributed by atoms with Gasteiger partial charge in [0.2, 0.25) is 0 Å². The SMILES string of the molecule is NCC(NCCCCO)c1ccc(Br)c(Cl)c1. The van der Waals surface area contributed by atoms with Crippen LogP contribution in [0.1, 0.15) is 24.4 Å². The van der Waals surface area contributed by atoms with E-state index in [-0.39, 0.29) is 12.6 Å². The first kappa shape index (κ1) is 14.9. The minimum Gasteiger partial charge on any atom is -0.396 e. The fourth-order valence-corrected chi connectivity index (χ4v) is 2.02. The van der Waals surface area contributed by atoms with Gasteiger partial charge in [-0.05, 0) is 53.0 Å². The summed E-state index contributed by atoms with van der Waals surface area (Å²) in [6, 6.07) is 5.96. The Bertz CT molecular complexity index is 349. The van der Waals surface area contributed by atoms with Gasteiger partial charge in [0.1, 0.15) is 0 Å². The van der Waals surface area contributed by atoms with Gasteiger partial charge in [0.15, 0.2) is 0 Å². The average molecular weight is 322 g/mol. The van der Waals surface area contributed by atoms with Crippen molar-refractivity contribution in [1.29, 1.82) is 0 Å². The van der Waals surface area contributed by atoms with Crippen molar-refractivity contribution in [3.8, 4) is 0 Å². The molecule has 0 aliphatic carbocycles. The van der Waals surface area contributed by atoms with Crippen LogP contribution in [-0.2, 0) is 0 Å². The molecule has 0 amide bonds. The highest BCUT2D eigenvalue weighted by molar-refractivity contribution is 9.10. The quantitative estimate of drug-likeness (QED) is 0.676. The van der Waals surface area contributed by atoms with E-state index in [1.165, 1.54) is 0 Å². The molecule has 1 atom stereocenters. The highest BCUT2D eigenvalue weighted by Crippen LogP contribution is 2.25. The molecule has 0 saturated heterocycles. The van der Waals surface area contributed by atoms with Crippen LogP contribution in [0.2, 0.25) is 5.02 Å². The Kier molecular flexibility index (Phi) is 7.08. The van der Waals surface area contributed by atoms with Gasteiger partial charge < -0.3 is 16.2 Å². The molecule has 0 spiro atoms. The largest absolute Gasteiger partial charge is 0.396 e. The van der Waals surface area contributed by atoms with Crippen molar-refractivity contribution >= 4 is 27.5 Å². The highest BCUT2D eigenvalue weighted by Gasteiger charge is 2.10. The van der Waals surface area contributed by atoms with Crippen LogP contribution in [0.25, 0.3) is 0 Å². The zero-order valence-corrected chi connectivity index (χ0v) is 12.0. The van der Waals surface area contributed by atoms with Gasteiger partial charge in [-0.1, -0.05) is 17.7 Å². The third kappa shape index (κ3) is 4.94. The molecule has 0 fully saturated rings. The number of halogens is 2. The molecule has 4 N–H and O–H groups in total. The molecular formula is C12H18BrClN2O. The van der Waals surface area contributed by atoms with Gasteiger partial charge in [-0.15, -0.1) is 0 Å². The fourth-order valence-electron chi connectivity index (χ4n) is 1.58. The molecule has 3 nitrogen and oxygen atoms in total. The smallest absolute Gasteiger partial charge is 0.0551 e. The number of hydrogen-bond acceptors (Lipinski definition) is 3. The number of unbranched alkanes of at least 4 members (excludes halogenated alkanes) is 1. The molecule has 0 aliphatic rings. The first-order chi connectivity index (χ1) is 8.19. The summed E-state index contributed by atoms with van der Waals surface area (Å²) in [6.45, 7) is 1.60. The van der Waals surface area contributed by atoms with Crippen molar-refractivity contribution in [2.75, 3.05) is 19.7 Å². The molecule has 0 aromatic heterocycles. The molecule has 0 radical (unpaired) electrons. The first-order valence-corrected chi connectivity index (χ1v) is 6.85. The summed E-state index contributed by atoms with van der Waals surface area (Å²) in [7, 11) is 0. The Balaban J connectivity index is 2.56. The van der Waals surface area contributed by atoms with E-state index in [2.05, 4.69) is 21.2 Å². The topological polar surface area (TPSA) is 58.3 Å². The standard InChI is InChI=1S/C12H18BrClN2O/c13-10-4-3-9(7-11(10)14)12(8-15)16-5-1-2-6-17/h3-4,7,12,16-17H,1-2,5-6,8,15H2. The number of aliphatic hydroxyl groups excluding tert-OH is 1. The van der Waals surface area contributed by atoms with E-state index in [1.54, 1.807) is 0 Å². The second kappa shape index (κ2) is 8.06. The number of hydrogen-bond donors (Lipinski definition) is 3. The highest BCUT2D eigenvalue weighted by atomic mass is 79.9. The van der Waals surface area contributed by atoms with E-state index in [1.807, 2.05) is 18.2 Å². The second-order valence-electron chi connectivity index (χ2n) is 3.85. The van der Waals surface area contributed by atoms with Crippen molar-refractivity contribution in [2.45, 2.75) is 18.9 Å². The maximum absolute atomic E-state index is 8.70. The Morgan fingerprint density at radius 1 is 1.41 bits per heavy atom. The number of nitrogens with two attached hydrogens (primary N) is 1. The predicted octanol–water partition coefficient (Wildman–Crippen LogP) is 2.46. The summed E-state index contributed by atoms with van der Waals surface area (Å²) in [4.78, 5) is 0.